The first-order valence-electron chi connectivity index (χ1n) is 12.3. The van der Waals surface area contributed by atoms with E-state index in [1.54, 1.807) is 17.7 Å². The molecule has 4 aromatic heterocycles. The van der Waals surface area contributed by atoms with Gasteiger partial charge in [-0.15, -0.1) is 0 Å². The first-order valence-corrected chi connectivity index (χ1v) is 13.1. The quantitative estimate of drug-likeness (QED) is 0.454. The molecule has 0 radical (unpaired) electrons. The molecule has 0 bridgehead atoms. The van der Waals surface area contributed by atoms with Gasteiger partial charge in [-0.1, -0.05) is 31.6 Å². The van der Waals surface area contributed by atoms with Gasteiger partial charge in [0.1, 0.15) is 16.7 Å². The van der Waals surface area contributed by atoms with E-state index in [1.807, 2.05) is 4.52 Å². The van der Waals surface area contributed by atoms with Gasteiger partial charge in [0.25, 0.3) is 0 Å². The maximum Gasteiger partial charge on any atom is 0.188 e. The van der Waals surface area contributed by atoms with Crippen molar-refractivity contribution in [1.29, 1.82) is 0 Å². The van der Waals surface area contributed by atoms with Gasteiger partial charge in [-0.2, -0.15) is 5.10 Å². The molecule has 0 amide bonds. The average molecular weight is 464 g/mol. The number of nitrogens with zero attached hydrogens (tertiary/aromatic N) is 6. The van der Waals surface area contributed by atoms with Gasteiger partial charge < -0.3 is 9.88 Å². The summed E-state index contributed by atoms with van der Waals surface area (Å²) in [5.74, 6) is 0.364. The van der Waals surface area contributed by atoms with Gasteiger partial charge in [0.2, 0.25) is 0 Å². The molecule has 33 heavy (non-hydrogen) atoms. The molecule has 2 fully saturated rings. The predicted octanol–water partition coefficient (Wildman–Crippen LogP) is 5.14. The van der Waals surface area contributed by atoms with Crippen LogP contribution in [-0.4, -0.2) is 61.2 Å². The van der Waals surface area contributed by atoms with E-state index in [9.17, 15) is 0 Å². The van der Waals surface area contributed by atoms with Crippen LogP contribution in [0, 0.1) is 13.8 Å². The number of anilines is 1. The molecule has 174 valence electrons. The summed E-state index contributed by atoms with van der Waals surface area (Å²) < 4.78 is 1.89. The standard InChI is InChI=1S/C25H33N7S/c1-14(2)20-21(19-12-32-23(26-13-27-32)17(5)16(19)4)28-24-22(20)29-25(33-24)31-10-9-30(11-15(31)3)18-7-6-8-18/h12-15,18,28H,6-11H2,1-5H3/t15-/m1/s1. The summed E-state index contributed by atoms with van der Waals surface area (Å²) in [6, 6.07) is 1.32. The molecule has 0 spiro atoms. The molecular formula is C25H33N7S. The molecule has 1 atom stereocenters. The fourth-order valence-corrected chi connectivity index (χ4v) is 6.69. The van der Waals surface area contributed by atoms with Gasteiger partial charge in [-0.25, -0.2) is 14.5 Å². The zero-order chi connectivity index (χ0) is 22.9. The van der Waals surface area contributed by atoms with Crippen LogP contribution in [0.15, 0.2) is 12.5 Å². The van der Waals surface area contributed by atoms with Crippen molar-refractivity contribution in [3.8, 4) is 11.3 Å². The maximum atomic E-state index is 5.22. The summed E-state index contributed by atoms with van der Waals surface area (Å²) in [5.41, 5.74) is 8.12. The van der Waals surface area contributed by atoms with Crippen LogP contribution in [0.2, 0.25) is 0 Å². The molecule has 1 aliphatic heterocycles. The van der Waals surface area contributed by atoms with Gasteiger partial charge in [0.05, 0.1) is 5.69 Å². The van der Waals surface area contributed by atoms with Crippen molar-refractivity contribution in [2.45, 2.75) is 71.9 Å². The monoisotopic (exact) mass is 463 g/mol. The number of fused-ring (bicyclic) bond motifs is 2. The Hall–Kier alpha value is -2.45. The van der Waals surface area contributed by atoms with E-state index < -0.39 is 0 Å². The molecular weight excluding hydrogens is 430 g/mol. The highest BCUT2D eigenvalue weighted by molar-refractivity contribution is 7.21. The van der Waals surface area contributed by atoms with E-state index in [0.717, 1.165) is 42.0 Å². The van der Waals surface area contributed by atoms with E-state index in [0.29, 0.717) is 12.0 Å². The topological polar surface area (TPSA) is 65.4 Å². The first kappa shape index (κ1) is 21.1. The number of thiazole rings is 1. The third-order valence-corrected chi connectivity index (χ3v) is 8.86. The molecule has 1 aliphatic carbocycles. The number of nitrogens with one attached hydrogen (secondary N) is 1. The fraction of sp³-hybridized carbons (Fsp3) is 0.560. The zero-order valence-electron chi connectivity index (χ0n) is 20.2. The van der Waals surface area contributed by atoms with Crippen molar-refractivity contribution in [3.63, 3.8) is 0 Å². The largest absolute Gasteiger partial charge is 0.344 e. The number of aromatic nitrogens is 5. The Balaban J connectivity index is 1.38. The van der Waals surface area contributed by atoms with E-state index in [2.05, 4.69) is 65.7 Å². The number of pyridine rings is 1. The molecule has 0 aromatic carbocycles. The maximum absolute atomic E-state index is 5.22. The molecule has 8 heteroatoms. The predicted molar refractivity (Wildman–Crippen MR) is 136 cm³/mol. The lowest BCUT2D eigenvalue weighted by atomic mass is 9.90. The Morgan fingerprint density at radius 1 is 1.15 bits per heavy atom. The second-order valence-corrected chi connectivity index (χ2v) is 11.2. The minimum Gasteiger partial charge on any atom is -0.344 e. The summed E-state index contributed by atoms with van der Waals surface area (Å²) in [6.45, 7) is 14.6. The molecule has 2 aliphatic rings. The molecule has 4 aromatic rings. The van der Waals surface area contributed by atoms with Gasteiger partial charge >= 0.3 is 0 Å². The van der Waals surface area contributed by atoms with Gasteiger partial charge in [-0.3, -0.25) is 4.90 Å². The molecule has 1 N–H and O–H groups in total. The van der Waals surface area contributed by atoms with Crippen LogP contribution >= 0.6 is 11.3 Å². The van der Waals surface area contributed by atoms with Gasteiger partial charge in [0, 0.05) is 49.0 Å². The van der Waals surface area contributed by atoms with Crippen LogP contribution in [-0.2, 0) is 0 Å². The third kappa shape index (κ3) is 3.29. The second kappa shape index (κ2) is 7.81. The molecule has 5 heterocycles. The summed E-state index contributed by atoms with van der Waals surface area (Å²) in [5, 5.41) is 5.56. The molecule has 0 unspecified atom stereocenters. The number of piperazine rings is 1. The Labute approximate surface area is 198 Å². The lowest BCUT2D eigenvalue weighted by Gasteiger charge is -2.46. The van der Waals surface area contributed by atoms with Crippen molar-refractivity contribution in [2.75, 3.05) is 24.5 Å². The van der Waals surface area contributed by atoms with E-state index in [4.69, 9.17) is 4.98 Å². The highest BCUT2D eigenvalue weighted by Gasteiger charge is 2.33. The van der Waals surface area contributed by atoms with Crippen molar-refractivity contribution < 1.29 is 0 Å². The lowest BCUT2D eigenvalue weighted by molar-refractivity contribution is 0.106. The Bertz CT molecular complexity index is 1330. The van der Waals surface area contributed by atoms with Crippen molar-refractivity contribution in [3.05, 3.63) is 29.2 Å². The Kier molecular flexibility index (Phi) is 4.99. The molecule has 1 saturated heterocycles. The summed E-state index contributed by atoms with van der Waals surface area (Å²) >= 11 is 1.81. The minimum atomic E-state index is 0.364. The van der Waals surface area contributed by atoms with Gasteiger partial charge in [-0.05, 0) is 50.7 Å². The number of rotatable bonds is 4. The van der Waals surface area contributed by atoms with Gasteiger partial charge in [0.15, 0.2) is 10.8 Å². The van der Waals surface area contributed by atoms with Crippen LogP contribution in [0.4, 0.5) is 5.13 Å². The second-order valence-electron chi connectivity index (χ2n) is 10.2. The summed E-state index contributed by atoms with van der Waals surface area (Å²) in [4.78, 5) is 19.8. The fourth-order valence-electron chi connectivity index (χ4n) is 5.58. The third-order valence-electron chi connectivity index (χ3n) is 7.85. The SMILES string of the molecule is Cc1c(-c2[nH]c3sc(N4CCN(C5CCC5)C[C@H]4C)nc3c2C(C)C)cn2ncnc2c1C. The van der Waals surface area contributed by atoms with E-state index in [-0.39, 0.29) is 0 Å². The number of hydrogen-bond donors (Lipinski definition) is 1. The minimum absolute atomic E-state index is 0.364. The normalized spacial score (nSPS) is 20.4. The van der Waals surface area contributed by atoms with E-state index >= 15 is 0 Å². The number of aromatic amines is 1. The molecule has 6 rings (SSSR count). The van der Waals surface area contributed by atoms with Crippen molar-refractivity contribution in [1.82, 2.24) is 29.5 Å². The highest BCUT2D eigenvalue weighted by atomic mass is 32.1. The number of aryl methyl sites for hydroxylation is 1. The Morgan fingerprint density at radius 2 is 1.97 bits per heavy atom. The van der Waals surface area contributed by atoms with Crippen LogP contribution in [0.25, 0.3) is 27.3 Å². The lowest BCUT2D eigenvalue weighted by Crippen LogP contribution is -2.56. The van der Waals surface area contributed by atoms with Crippen molar-refractivity contribution >= 4 is 32.5 Å². The smallest absolute Gasteiger partial charge is 0.188 e. The number of hydrogen-bond acceptors (Lipinski definition) is 6. The van der Waals surface area contributed by atoms with E-state index in [1.165, 1.54) is 52.0 Å². The molecule has 7 nitrogen and oxygen atoms in total. The first-order chi connectivity index (χ1) is 15.9. The number of H-pyrrole nitrogens is 1. The van der Waals surface area contributed by atoms with Crippen LogP contribution in [0.3, 0.4) is 0 Å². The van der Waals surface area contributed by atoms with Crippen molar-refractivity contribution in [2.24, 2.45) is 0 Å². The van der Waals surface area contributed by atoms with Crippen LogP contribution < -0.4 is 4.90 Å². The highest BCUT2D eigenvalue weighted by Crippen LogP contribution is 2.42. The average Bonchev–Trinajstić information content (AvgIpc) is 3.43. The Morgan fingerprint density at radius 3 is 2.67 bits per heavy atom. The summed E-state index contributed by atoms with van der Waals surface area (Å²) in [6.07, 6.45) is 7.90. The zero-order valence-corrected chi connectivity index (χ0v) is 21.0. The summed E-state index contributed by atoms with van der Waals surface area (Å²) in [7, 11) is 0. The van der Waals surface area contributed by atoms with Crippen LogP contribution in [0.5, 0.6) is 0 Å². The molecule has 1 saturated carbocycles. The van der Waals surface area contributed by atoms with Crippen LogP contribution in [0.1, 0.15) is 62.6 Å².